The normalized spacial score (nSPS) is 16.0. The molecule has 1 fully saturated rings. The molecule has 2 aromatic carbocycles. The largest absolute Gasteiger partial charge is 0.454 e. The first-order chi connectivity index (χ1) is 14.2. The molecule has 2 heterocycles. The number of benzene rings is 2. The Morgan fingerprint density at radius 3 is 2.62 bits per heavy atom. The highest BCUT2D eigenvalue weighted by molar-refractivity contribution is 5.76. The molecule has 0 bridgehead atoms. The molecule has 4 rings (SSSR count). The number of nitrogens with one attached hydrogen (secondary N) is 2. The summed E-state index contributed by atoms with van der Waals surface area (Å²) in [5.74, 6) is 2.35. The number of carbonyl (C=O) groups is 1. The number of carbonyl (C=O) groups excluding carboxylic acids is 1. The van der Waals surface area contributed by atoms with E-state index in [0.29, 0.717) is 19.5 Å². The van der Waals surface area contributed by atoms with Crippen molar-refractivity contribution in [1.82, 2.24) is 5.32 Å². The summed E-state index contributed by atoms with van der Waals surface area (Å²) in [7, 11) is 0. The zero-order valence-corrected chi connectivity index (χ0v) is 16.9. The Morgan fingerprint density at radius 1 is 1.07 bits per heavy atom. The summed E-state index contributed by atoms with van der Waals surface area (Å²) >= 11 is 0. The molecule has 6 heteroatoms. The summed E-state index contributed by atoms with van der Waals surface area (Å²) < 4.78 is 10.7. The van der Waals surface area contributed by atoms with Gasteiger partial charge in [-0.25, -0.2) is 0 Å². The molecule has 0 aromatic heterocycles. The second kappa shape index (κ2) is 9.07. The summed E-state index contributed by atoms with van der Waals surface area (Å²) in [6.45, 7) is 5.95. The zero-order valence-electron chi connectivity index (χ0n) is 16.9. The van der Waals surface area contributed by atoms with Crippen molar-refractivity contribution >= 4 is 17.3 Å². The van der Waals surface area contributed by atoms with E-state index in [1.807, 2.05) is 18.2 Å². The van der Waals surface area contributed by atoms with E-state index in [9.17, 15) is 4.79 Å². The molecule has 1 amide bonds. The molecule has 0 spiro atoms. The highest BCUT2D eigenvalue weighted by Crippen LogP contribution is 2.32. The number of rotatable bonds is 7. The van der Waals surface area contributed by atoms with Crippen molar-refractivity contribution in [2.24, 2.45) is 5.92 Å². The number of hydrogen-bond donors (Lipinski definition) is 2. The lowest BCUT2D eigenvalue weighted by atomic mass is 9.99. The fourth-order valence-corrected chi connectivity index (χ4v) is 3.72. The minimum absolute atomic E-state index is 0.0224. The molecule has 2 aliphatic heterocycles. The molecule has 0 aliphatic carbocycles. The molecule has 0 atom stereocenters. The molecule has 2 aromatic rings. The predicted octanol–water partition coefficient (Wildman–Crippen LogP) is 3.77. The molecular weight excluding hydrogens is 366 g/mol. The van der Waals surface area contributed by atoms with Crippen molar-refractivity contribution in [3.8, 4) is 11.5 Å². The van der Waals surface area contributed by atoms with E-state index in [1.54, 1.807) is 0 Å². The molecular formula is C23H29N3O3. The van der Waals surface area contributed by atoms with Gasteiger partial charge < -0.3 is 25.0 Å². The zero-order chi connectivity index (χ0) is 20.1. The third-order valence-electron chi connectivity index (χ3n) is 5.62. The van der Waals surface area contributed by atoms with E-state index >= 15 is 0 Å². The second-order valence-electron chi connectivity index (χ2n) is 7.86. The fraction of sp³-hybridized carbons (Fsp3) is 0.435. The number of fused-ring (bicyclic) bond motifs is 1. The molecule has 0 radical (unpaired) electrons. The van der Waals surface area contributed by atoms with Crippen molar-refractivity contribution in [3.05, 3.63) is 48.0 Å². The van der Waals surface area contributed by atoms with Crippen molar-refractivity contribution < 1.29 is 14.3 Å². The monoisotopic (exact) mass is 395 g/mol. The van der Waals surface area contributed by atoms with Gasteiger partial charge in [0, 0.05) is 44.0 Å². The maximum atomic E-state index is 12.1. The lowest BCUT2D eigenvalue weighted by Crippen LogP contribution is -2.32. The van der Waals surface area contributed by atoms with Gasteiger partial charge in [-0.05, 0) is 60.7 Å². The van der Waals surface area contributed by atoms with Gasteiger partial charge in [-0.3, -0.25) is 4.79 Å². The van der Waals surface area contributed by atoms with Gasteiger partial charge in [0.1, 0.15) is 0 Å². The average Bonchev–Trinajstić information content (AvgIpc) is 3.21. The highest BCUT2D eigenvalue weighted by Gasteiger charge is 2.16. The van der Waals surface area contributed by atoms with Crippen LogP contribution in [0.1, 0.15) is 31.7 Å². The lowest BCUT2D eigenvalue weighted by Gasteiger charge is -2.32. The first-order valence-electron chi connectivity index (χ1n) is 10.4. The maximum absolute atomic E-state index is 12.1. The van der Waals surface area contributed by atoms with Crippen LogP contribution in [0.15, 0.2) is 42.5 Å². The Balaban J connectivity index is 1.17. The first-order valence-corrected chi connectivity index (χ1v) is 10.4. The van der Waals surface area contributed by atoms with Crippen molar-refractivity contribution in [1.29, 1.82) is 0 Å². The van der Waals surface area contributed by atoms with Crippen molar-refractivity contribution in [3.63, 3.8) is 0 Å². The molecule has 0 unspecified atom stereocenters. The van der Waals surface area contributed by atoms with E-state index in [1.165, 1.54) is 18.5 Å². The summed E-state index contributed by atoms with van der Waals surface area (Å²) in [5, 5.41) is 6.28. The fourth-order valence-electron chi connectivity index (χ4n) is 3.72. The first kappa shape index (κ1) is 19.4. The van der Waals surface area contributed by atoms with E-state index in [-0.39, 0.29) is 12.7 Å². The van der Waals surface area contributed by atoms with E-state index in [0.717, 1.165) is 41.8 Å². The van der Waals surface area contributed by atoms with Crippen LogP contribution in [0, 0.1) is 5.92 Å². The Kier molecular flexibility index (Phi) is 6.08. The lowest BCUT2D eigenvalue weighted by molar-refractivity contribution is -0.121. The van der Waals surface area contributed by atoms with Crippen LogP contribution in [0.2, 0.25) is 0 Å². The van der Waals surface area contributed by atoms with Crippen LogP contribution >= 0.6 is 0 Å². The number of amides is 1. The standard InChI is InChI=1S/C23H29N3O3/c1-17-9-12-26(13-10-17)20-5-3-19(4-6-20)24-11-8-23(27)25-15-18-2-7-21-22(14-18)29-16-28-21/h2-7,14,17,24H,8-13,15-16H2,1H3,(H,25,27). The number of anilines is 2. The van der Waals surface area contributed by atoms with E-state index in [2.05, 4.69) is 46.7 Å². The van der Waals surface area contributed by atoms with Gasteiger partial charge in [-0.2, -0.15) is 0 Å². The molecule has 0 saturated carbocycles. The van der Waals surface area contributed by atoms with Gasteiger partial charge >= 0.3 is 0 Å². The smallest absolute Gasteiger partial charge is 0.231 e. The van der Waals surface area contributed by atoms with Crippen LogP contribution in [-0.2, 0) is 11.3 Å². The number of nitrogens with zero attached hydrogens (tertiary/aromatic N) is 1. The van der Waals surface area contributed by atoms with E-state index < -0.39 is 0 Å². The molecule has 1 saturated heterocycles. The highest BCUT2D eigenvalue weighted by atomic mass is 16.7. The third kappa shape index (κ3) is 5.13. The Labute approximate surface area is 172 Å². The van der Waals surface area contributed by atoms with Gasteiger partial charge in [0.25, 0.3) is 0 Å². The quantitative estimate of drug-likeness (QED) is 0.747. The number of hydrogen-bond acceptors (Lipinski definition) is 5. The van der Waals surface area contributed by atoms with Gasteiger partial charge in [-0.1, -0.05) is 13.0 Å². The average molecular weight is 396 g/mol. The van der Waals surface area contributed by atoms with Crippen LogP contribution in [0.3, 0.4) is 0 Å². The molecule has 6 nitrogen and oxygen atoms in total. The van der Waals surface area contributed by atoms with Crippen LogP contribution in [0.25, 0.3) is 0 Å². The number of piperidine rings is 1. The molecule has 29 heavy (non-hydrogen) atoms. The predicted molar refractivity (Wildman–Crippen MR) is 115 cm³/mol. The van der Waals surface area contributed by atoms with Gasteiger partial charge in [-0.15, -0.1) is 0 Å². The summed E-state index contributed by atoms with van der Waals surface area (Å²) in [6, 6.07) is 14.2. The topological polar surface area (TPSA) is 62.8 Å². The molecule has 2 N–H and O–H groups in total. The number of ether oxygens (including phenoxy) is 2. The summed E-state index contributed by atoms with van der Waals surface area (Å²) in [5.41, 5.74) is 3.32. The van der Waals surface area contributed by atoms with Crippen LogP contribution < -0.4 is 25.0 Å². The van der Waals surface area contributed by atoms with Crippen LogP contribution in [-0.4, -0.2) is 32.3 Å². The Hall–Kier alpha value is -2.89. The summed E-state index contributed by atoms with van der Waals surface area (Å²) in [4.78, 5) is 14.6. The van der Waals surface area contributed by atoms with Gasteiger partial charge in [0.05, 0.1) is 0 Å². The van der Waals surface area contributed by atoms with Gasteiger partial charge in [0.15, 0.2) is 11.5 Å². The van der Waals surface area contributed by atoms with Gasteiger partial charge in [0.2, 0.25) is 12.7 Å². The minimum atomic E-state index is 0.0224. The third-order valence-corrected chi connectivity index (χ3v) is 5.62. The Morgan fingerprint density at radius 2 is 1.83 bits per heavy atom. The second-order valence-corrected chi connectivity index (χ2v) is 7.86. The minimum Gasteiger partial charge on any atom is -0.454 e. The van der Waals surface area contributed by atoms with Crippen LogP contribution in [0.5, 0.6) is 11.5 Å². The maximum Gasteiger partial charge on any atom is 0.231 e. The SMILES string of the molecule is CC1CCN(c2ccc(NCCC(=O)NCc3ccc4c(c3)OCO4)cc2)CC1. The van der Waals surface area contributed by atoms with Crippen LogP contribution in [0.4, 0.5) is 11.4 Å². The summed E-state index contributed by atoms with van der Waals surface area (Å²) in [6.07, 6.45) is 2.96. The molecule has 154 valence electrons. The van der Waals surface area contributed by atoms with Crippen molar-refractivity contribution in [2.45, 2.75) is 32.7 Å². The van der Waals surface area contributed by atoms with Crippen molar-refractivity contribution in [2.75, 3.05) is 36.6 Å². The van der Waals surface area contributed by atoms with E-state index in [4.69, 9.17) is 9.47 Å². The Bertz CT molecular complexity index is 830. The molecule has 2 aliphatic rings.